The number of hydrogen-bond donors (Lipinski definition) is 0. The fourth-order valence-electron chi connectivity index (χ4n) is 13.1. The molecule has 5 aliphatic carbocycles. The molecule has 292 valence electrons. The van der Waals surface area contributed by atoms with Gasteiger partial charge in [0.15, 0.2) is 11.7 Å². The Morgan fingerprint density at radius 2 is 1.43 bits per heavy atom. The predicted octanol–water partition coefficient (Wildman–Crippen LogP) is 2.83. The van der Waals surface area contributed by atoms with Crippen LogP contribution < -0.4 is 4.74 Å². The lowest BCUT2D eigenvalue weighted by Gasteiger charge is -2.70. The second kappa shape index (κ2) is 13.5. The second-order valence-electron chi connectivity index (χ2n) is 15.9. The molecule has 1 saturated heterocycles. The quantitative estimate of drug-likeness (QED) is 0.228. The van der Waals surface area contributed by atoms with E-state index in [9.17, 15) is 19.2 Å². The SMILES string of the molecule is CCN1C[C@]2(COC)C(OC(C)=O)C[C@H](OC)[C@@]34[C@@H]5C[C@@]6(OC(C)=O)[C@@H](OC)C[C@@](OC(C)=O)([C@H]5[C@H]6OC(=O)c5ccc(OC)cc5)[C@@H]([C@H](OC)[C@H]23)[C@@H]14. The van der Waals surface area contributed by atoms with Crippen molar-refractivity contribution < 1.29 is 61.8 Å². The molecule has 1 aromatic carbocycles. The molecule has 0 N–H and O–H groups in total. The first-order chi connectivity index (χ1) is 25.3. The van der Waals surface area contributed by atoms with Crippen molar-refractivity contribution in [3.8, 4) is 5.75 Å². The average Bonchev–Trinajstić information content (AvgIpc) is 3.50. The molecule has 1 spiro atoms. The van der Waals surface area contributed by atoms with E-state index in [0.29, 0.717) is 25.3 Å². The maximum Gasteiger partial charge on any atom is 0.338 e. The van der Waals surface area contributed by atoms with Crippen molar-refractivity contribution in [3.63, 3.8) is 0 Å². The molecule has 7 bridgehead atoms. The van der Waals surface area contributed by atoms with E-state index in [0.717, 1.165) is 0 Å². The van der Waals surface area contributed by atoms with Crippen LogP contribution in [0.1, 0.15) is 57.3 Å². The van der Waals surface area contributed by atoms with E-state index < -0.39 is 94.2 Å². The highest BCUT2D eigenvalue weighted by Gasteiger charge is 2.91. The first-order valence-electron chi connectivity index (χ1n) is 18.5. The Morgan fingerprint density at radius 1 is 0.774 bits per heavy atom. The standard InChI is InChI=1S/C39H53NO13/c1-10-40-18-36(19-45-5)26(50-20(2)41)15-27(47-7)39-25-16-37(52-21(3)42)28(48-8)17-38(53-22(4)43,30(33(39)40)31(49-9)32(36)39)29(25)34(37)51-35(44)23-11-13-24(46-6)14-12-23/h11-14,25-34H,10,15-19H2,1-9H3/t25-,26?,27+,28+,29-,30+,31+,32-,33-,34-,36+,37-,38-,39+/m1/s1. The molecule has 1 unspecified atom stereocenters. The topological polar surface area (TPSA) is 155 Å². The molecule has 14 nitrogen and oxygen atoms in total. The molecule has 6 aliphatic rings. The predicted molar refractivity (Wildman–Crippen MR) is 185 cm³/mol. The van der Waals surface area contributed by atoms with Gasteiger partial charge in [-0.25, -0.2) is 4.79 Å². The number of fused-ring (bicyclic) bond motifs is 2. The Kier molecular flexibility index (Phi) is 9.66. The van der Waals surface area contributed by atoms with E-state index in [1.807, 2.05) is 0 Å². The van der Waals surface area contributed by atoms with Gasteiger partial charge in [-0.05, 0) is 43.1 Å². The molecule has 7 rings (SSSR count). The summed E-state index contributed by atoms with van der Waals surface area (Å²) in [4.78, 5) is 56.2. The van der Waals surface area contributed by atoms with Crippen LogP contribution in [-0.4, -0.2) is 132 Å². The summed E-state index contributed by atoms with van der Waals surface area (Å²) in [5.74, 6) is -3.43. The summed E-state index contributed by atoms with van der Waals surface area (Å²) in [5.41, 5.74) is -4.00. The summed E-state index contributed by atoms with van der Waals surface area (Å²) < 4.78 is 56.9. The number of methoxy groups -OCH3 is 5. The summed E-state index contributed by atoms with van der Waals surface area (Å²) in [6, 6.07) is 6.32. The van der Waals surface area contributed by atoms with Gasteiger partial charge in [-0.1, -0.05) is 6.92 Å². The van der Waals surface area contributed by atoms with Gasteiger partial charge in [0, 0.05) is 103 Å². The van der Waals surface area contributed by atoms with Crippen LogP contribution in [0.5, 0.6) is 5.75 Å². The van der Waals surface area contributed by atoms with Crippen LogP contribution in [0.2, 0.25) is 0 Å². The Balaban J connectivity index is 1.52. The lowest BCUT2D eigenvalue weighted by molar-refractivity contribution is -0.302. The molecule has 1 heterocycles. The molecule has 6 fully saturated rings. The van der Waals surface area contributed by atoms with Crippen LogP contribution in [-0.2, 0) is 52.3 Å². The van der Waals surface area contributed by atoms with E-state index in [2.05, 4.69) is 11.8 Å². The van der Waals surface area contributed by atoms with E-state index in [4.69, 9.17) is 42.6 Å². The Hall–Kier alpha value is -3.30. The molecular weight excluding hydrogens is 690 g/mol. The first-order valence-corrected chi connectivity index (χ1v) is 18.5. The van der Waals surface area contributed by atoms with Crippen molar-refractivity contribution in [2.45, 2.75) is 94.7 Å². The molecule has 0 amide bonds. The van der Waals surface area contributed by atoms with Gasteiger partial charge in [-0.2, -0.15) is 0 Å². The van der Waals surface area contributed by atoms with Crippen molar-refractivity contribution in [2.75, 3.05) is 55.2 Å². The fourth-order valence-corrected chi connectivity index (χ4v) is 13.1. The molecule has 0 aromatic heterocycles. The van der Waals surface area contributed by atoms with Crippen LogP contribution in [0.3, 0.4) is 0 Å². The van der Waals surface area contributed by atoms with Crippen LogP contribution >= 0.6 is 0 Å². The summed E-state index contributed by atoms with van der Waals surface area (Å²) in [7, 11) is 8.07. The largest absolute Gasteiger partial charge is 0.497 e. The average molecular weight is 744 g/mol. The first kappa shape index (κ1) is 38.0. The zero-order chi connectivity index (χ0) is 38.2. The van der Waals surface area contributed by atoms with Crippen molar-refractivity contribution >= 4 is 23.9 Å². The minimum absolute atomic E-state index is 0.164. The molecule has 53 heavy (non-hydrogen) atoms. The fraction of sp³-hybridized carbons (Fsp3) is 0.744. The highest BCUT2D eigenvalue weighted by molar-refractivity contribution is 5.89. The number of benzene rings is 1. The monoisotopic (exact) mass is 743 g/mol. The summed E-state index contributed by atoms with van der Waals surface area (Å²) >= 11 is 0. The van der Waals surface area contributed by atoms with Crippen molar-refractivity contribution in [2.24, 2.45) is 34.5 Å². The van der Waals surface area contributed by atoms with Gasteiger partial charge < -0.3 is 42.6 Å². The summed E-state index contributed by atoms with van der Waals surface area (Å²) in [5, 5.41) is 0. The number of rotatable bonds is 12. The van der Waals surface area contributed by atoms with Gasteiger partial charge in [-0.15, -0.1) is 0 Å². The lowest BCUT2D eigenvalue weighted by atomic mass is 9.42. The van der Waals surface area contributed by atoms with Gasteiger partial charge in [-0.3, -0.25) is 19.3 Å². The van der Waals surface area contributed by atoms with E-state index in [1.165, 1.54) is 27.9 Å². The number of carbonyl (C=O) groups excluding carboxylic acids is 4. The van der Waals surface area contributed by atoms with Gasteiger partial charge in [0.1, 0.15) is 23.6 Å². The molecule has 14 heteroatoms. The van der Waals surface area contributed by atoms with Crippen LogP contribution in [0, 0.1) is 34.5 Å². The molecule has 1 aliphatic heterocycles. The van der Waals surface area contributed by atoms with Gasteiger partial charge in [0.25, 0.3) is 0 Å². The summed E-state index contributed by atoms with van der Waals surface area (Å²) in [6.45, 7) is 7.63. The Labute approximate surface area is 310 Å². The zero-order valence-electron chi connectivity index (χ0n) is 32.1. The molecule has 5 saturated carbocycles. The minimum atomic E-state index is -1.44. The minimum Gasteiger partial charge on any atom is -0.497 e. The van der Waals surface area contributed by atoms with Crippen LogP contribution in [0.25, 0.3) is 0 Å². The van der Waals surface area contributed by atoms with Gasteiger partial charge in [0.05, 0.1) is 31.5 Å². The smallest absolute Gasteiger partial charge is 0.338 e. The maximum atomic E-state index is 14.2. The third-order valence-electron chi connectivity index (χ3n) is 14.0. The summed E-state index contributed by atoms with van der Waals surface area (Å²) in [6.07, 6.45) is -2.76. The maximum absolute atomic E-state index is 14.2. The van der Waals surface area contributed by atoms with Crippen molar-refractivity contribution in [1.29, 1.82) is 0 Å². The number of nitrogens with zero attached hydrogens (tertiary/aromatic N) is 1. The van der Waals surface area contributed by atoms with Crippen molar-refractivity contribution in [3.05, 3.63) is 29.8 Å². The highest BCUT2D eigenvalue weighted by Crippen LogP contribution is 2.81. The van der Waals surface area contributed by atoms with E-state index >= 15 is 0 Å². The van der Waals surface area contributed by atoms with E-state index in [1.54, 1.807) is 52.7 Å². The molecule has 1 aromatic rings. The third kappa shape index (κ3) is 5.00. The number of likely N-dealkylation sites (tertiary alicyclic amines) is 1. The number of ether oxygens (including phenoxy) is 9. The number of esters is 4. The van der Waals surface area contributed by atoms with Crippen molar-refractivity contribution in [1.82, 2.24) is 4.90 Å². The van der Waals surface area contributed by atoms with Gasteiger partial charge in [0.2, 0.25) is 0 Å². The highest BCUT2D eigenvalue weighted by atomic mass is 16.6. The second-order valence-corrected chi connectivity index (χ2v) is 15.9. The lowest BCUT2D eigenvalue weighted by Crippen LogP contribution is -2.79. The Bertz CT molecular complexity index is 1620. The Morgan fingerprint density at radius 3 is 1.98 bits per heavy atom. The number of carbonyl (C=O) groups is 4. The normalized spacial score (nSPS) is 43.1. The molecule has 0 radical (unpaired) electrons. The molecular formula is C39H53NO13. The van der Waals surface area contributed by atoms with Gasteiger partial charge >= 0.3 is 23.9 Å². The zero-order valence-corrected chi connectivity index (χ0v) is 32.1. The number of hydrogen-bond acceptors (Lipinski definition) is 14. The van der Waals surface area contributed by atoms with Crippen LogP contribution in [0.4, 0.5) is 0 Å². The third-order valence-corrected chi connectivity index (χ3v) is 14.0. The van der Waals surface area contributed by atoms with E-state index in [-0.39, 0.29) is 37.0 Å². The molecule has 14 atom stereocenters. The number of piperidine rings is 1. The van der Waals surface area contributed by atoms with Crippen LogP contribution in [0.15, 0.2) is 24.3 Å².